The molecule has 1 atom stereocenters. The number of nitrogens with one attached hydrogen (secondary N) is 1. The number of carbonyl (C=O) groups is 1. The molecule has 0 spiro atoms. The molecule has 38 heavy (non-hydrogen) atoms. The molecule has 9 heteroatoms. The van der Waals surface area contributed by atoms with E-state index in [0.717, 1.165) is 29.1 Å². The van der Waals surface area contributed by atoms with Crippen LogP contribution < -0.4 is 15.1 Å². The summed E-state index contributed by atoms with van der Waals surface area (Å²) in [6, 6.07) is 16.7. The van der Waals surface area contributed by atoms with E-state index in [0.29, 0.717) is 23.9 Å². The summed E-state index contributed by atoms with van der Waals surface area (Å²) in [5.74, 6) is -0.745. The highest BCUT2D eigenvalue weighted by Crippen LogP contribution is 2.50. The molecule has 0 saturated heterocycles. The van der Waals surface area contributed by atoms with Crippen molar-refractivity contribution in [3.8, 4) is 5.75 Å². The van der Waals surface area contributed by atoms with Crippen LogP contribution in [0.15, 0.2) is 83.6 Å². The molecule has 0 aliphatic carbocycles. The topological polar surface area (TPSA) is 53.9 Å². The third-order valence-electron chi connectivity index (χ3n) is 6.61. The van der Waals surface area contributed by atoms with Crippen LogP contribution in [0.2, 0.25) is 0 Å². The van der Waals surface area contributed by atoms with Gasteiger partial charge in [0.05, 0.1) is 12.7 Å². The van der Waals surface area contributed by atoms with Crippen LogP contribution in [0, 0.1) is 5.82 Å². The van der Waals surface area contributed by atoms with Crippen molar-refractivity contribution in [2.24, 2.45) is 5.10 Å². The Hall–Kier alpha value is -4.14. The van der Waals surface area contributed by atoms with E-state index in [2.05, 4.69) is 10.5 Å². The predicted molar refractivity (Wildman–Crippen MR) is 139 cm³/mol. The number of anilines is 1. The highest BCUT2D eigenvalue weighted by Gasteiger charge is 2.44. The van der Waals surface area contributed by atoms with Crippen molar-refractivity contribution < 1.29 is 27.1 Å². The maximum atomic E-state index is 14.3. The van der Waals surface area contributed by atoms with E-state index in [1.807, 2.05) is 36.9 Å². The van der Waals surface area contributed by atoms with Gasteiger partial charge in [-0.3, -0.25) is 4.79 Å². The molecule has 0 radical (unpaired) electrons. The third kappa shape index (κ3) is 5.41. The molecule has 5 nitrogen and oxygen atoms in total. The van der Waals surface area contributed by atoms with Crippen LogP contribution in [-0.2, 0) is 18.0 Å². The van der Waals surface area contributed by atoms with Gasteiger partial charge in [-0.25, -0.2) is 9.82 Å². The Morgan fingerprint density at radius 2 is 1.84 bits per heavy atom. The number of likely N-dealkylation sites (N-methyl/N-ethyl adjacent to an activating group) is 1. The number of amides is 1. The standard InChI is InChI=1S/C29H27F4N3O2/c1-4-36-25-11-10-23(38-3)17-24(25)28(2,18-19-14-21(29(31,32)33)16-22(30)15-19)26(36)12-13-34-35-27(37)20-8-6-5-7-9-20/h5-17H,4,18H2,1-3H3,(H,35,37)/b26-12-,34-13+. The smallest absolute Gasteiger partial charge is 0.416 e. The Bertz CT molecular complexity index is 1390. The Morgan fingerprint density at radius 3 is 2.50 bits per heavy atom. The number of hydrogen-bond acceptors (Lipinski definition) is 4. The highest BCUT2D eigenvalue weighted by atomic mass is 19.4. The van der Waals surface area contributed by atoms with Gasteiger partial charge in [-0.2, -0.15) is 18.3 Å². The average molecular weight is 526 g/mol. The van der Waals surface area contributed by atoms with Crippen LogP contribution in [0.3, 0.4) is 0 Å². The van der Waals surface area contributed by atoms with E-state index in [-0.39, 0.29) is 17.9 Å². The lowest BCUT2D eigenvalue weighted by molar-refractivity contribution is -0.137. The minimum absolute atomic E-state index is 0.0839. The number of alkyl halides is 3. The fourth-order valence-corrected chi connectivity index (χ4v) is 4.87. The van der Waals surface area contributed by atoms with Gasteiger partial charge in [0.15, 0.2) is 0 Å². The zero-order chi connectivity index (χ0) is 27.5. The van der Waals surface area contributed by atoms with Crippen molar-refractivity contribution >= 4 is 17.8 Å². The first kappa shape index (κ1) is 26.9. The molecule has 3 aromatic rings. The maximum Gasteiger partial charge on any atom is 0.416 e. The fourth-order valence-electron chi connectivity index (χ4n) is 4.87. The van der Waals surface area contributed by atoms with E-state index in [1.54, 1.807) is 36.4 Å². The maximum absolute atomic E-state index is 14.3. The summed E-state index contributed by atoms with van der Waals surface area (Å²) in [6.45, 7) is 4.40. The largest absolute Gasteiger partial charge is 0.497 e. The normalized spacial score (nSPS) is 18.2. The van der Waals surface area contributed by atoms with Gasteiger partial charge in [0.2, 0.25) is 0 Å². The minimum atomic E-state index is -4.67. The van der Waals surface area contributed by atoms with Crippen LogP contribution in [-0.4, -0.2) is 25.8 Å². The summed E-state index contributed by atoms with van der Waals surface area (Å²) in [6.07, 6.45) is -1.44. The zero-order valence-electron chi connectivity index (χ0n) is 21.1. The van der Waals surface area contributed by atoms with E-state index in [4.69, 9.17) is 4.74 Å². The molecule has 0 fully saturated rings. The Morgan fingerprint density at radius 1 is 1.11 bits per heavy atom. The third-order valence-corrected chi connectivity index (χ3v) is 6.61. The molecule has 0 bridgehead atoms. The number of hydrazone groups is 1. The summed E-state index contributed by atoms with van der Waals surface area (Å²) >= 11 is 0. The SMILES string of the molecule is CCN1/C(=C\C=N\NC(=O)c2ccccc2)C(C)(Cc2cc(F)cc(C(F)(F)F)c2)c2cc(OC)ccc21. The lowest BCUT2D eigenvalue weighted by atomic mass is 9.76. The quantitative estimate of drug-likeness (QED) is 0.218. The molecule has 1 N–H and O–H groups in total. The van der Waals surface area contributed by atoms with Crippen LogP contribution in [0.1, 0.15) is 40.9 Å². The van der Waals surface area contributed by atoms with Gasteiger partial charge in [-0.05, 0) is 86.0 Å². The van der Waals surface area contributed by atoms with Gasteiger partial charge in [0.25, 0.3) is 5.91 Å². The Labute approximate surface area is 218 Å². The number of fused-ring (bicyclic) bond motifs is 1. The van der Waals surface area contributed by atoms with Crippen LogP contribution >= 0.6 is 0 Å². The summed E-state index contributed by atoms with van der Waals surface area (Å²) in [7, 11) is 1.53. The molecule has 0 aromatic heterocycles. The van der Waals surface area contributed by atoms with E-state index in [1.165, 1.54) is 13.3 Å². The first-order valence-corrected chi connectivity index (χ1v) is 12.0. The molecule has 1 unspecified atom stereocenters. The molecular weight excluding hydrogens is 498 g/mol. The van der Waals surface area contributed by atoms with Crippen molar-refractivity contribution in [1.82, 2.24) is 5.43 Å². The summed E-state index contributed by atoms with van der Waals surface area (Å²) in [5.41, 5.74) is 3.65. The Balaban J connectivity index is 1.74. The van der Waals surface area contributed by atoms with Crippen molar-refractivity contribution in [3.05, 3.63) is 107 Å². The molecule has 4 rings (SSSR count). The first-order valence-electron chi connectivity index (χ1n) is 12.0. The molecule has 1 aliphatic heterocycles. The van der Waals surface area contributed by atoms with E-state index < -0.39 is 23.0 Å². The zero-order valence-corrected chi connectivity index (χ0v) is 21.1. The van der Waals surface area contributed by atoms with Crippen molar-refractivity contribution in [2.45, 2.75) is 31.9 Å². The fraction of sp³-hybridized carbons (Fsp3) is 0.241. The number of carbonyl (C=O) groups excluding carboxylic acids is 1. The molecule has 1 amide bonds. The molecule has 3 aromatic carbocycles. The second-order valence-corrected chi connectivity index (χ2v) is 9.12. The summed E-state index contributed by atoms with van der Waals surface area (Å²) in [5, 5.41) is 4.05. The lowest BCUT2D eigenvalue weighted by Gasteiger charge is -2.30. The molecule has 1 heterocycles. The van der Waals surface area contributed by atoms with E-state index in [9.17, 15) is 22.4 Å². The van der Waals surface area contributed by atoms with Crippen molar-refractivity contribution in [1.29, 1.82) is 0 Å². The molecular formula is C29H27F4N3O2. The minimum Gasteiger partial charge on any atom is -0.497 e. The number of ether oxygens (including phenoxy) is 1. The van der Waals surface area contributed by atoms with Gasteiger partial charge in [-0.15, -0.1) is 0 Å². The number of nitrogens with zero attached hydrogens (tertiary/aromatic N) is 2. The predicted octanol–water partition coefficient (Wildman–Crippen LogP) is 6.49. The average Bonchev–Trinajstić information content (AvgIpc) is 3.12. The Kier molecular flexibility index (Phi) is 7.57. The van der Waals surface area contributed by atoms with E-state index >= 15 is 0 Å². The van der Waals surface area contributed by atoms with Crippen LogP contribution in [0.5, 0.6) is 5.75 Å². The van der Waals surface area contributed by atoms with Gasteiger partial charge < -0.3 is 9.64 Å². The van der Waals surface area contributed by atoms with Crippen LogP contribution in [0.25, 0.3) is 0 Å². The monoisotopic (exact) mass is 525 g/mol. The van der Waals surface area contributed by atoms with Gasteiger partial charge in [-0.1, -0.05) is 18.2 Å². The van der Waals surface area contributed by atoms with Crippen molar-refractivity contribution in [2.75, 3.05) is 18.6 Å². The number of allylic oxidation sites excluding steroid dienone is 2. The summed E-state index contributed by atoms with van der Waals surface area (Å²) < 4.78 is 60.0. The number of rotatable bonds is 7. The highest BCUT2D eigenvalue weighted by molar-refractivity contribution is 5.94. The molecule has 198 valence electrons. The van der Waals surface area contributed by atoms with Crippen LogP contribution in [0.4, 0.5) is 23.2 Å². The second kappa shape index (κ2) is 10.7. The number of halogens is 4. The van der Waals surface area contributed by atoms with Gasteiger partial charge in [0.1, 0.15) is 11.6 Å². The van der Waals surface area contributed by atoms with Crippen molar-refractivity contribution in [3.63, 3.8) is 0 Å². The number of methoxy groups -OCH3 is 1. The number of benzene rings is 3. The molecule has 0 saturated carbocycles. The first-order chi connectivity index (χ1) is 18.1. The summed E-state index contributed by atoms with van der Waals surface area (Å²) in [4.78, 5) is 14.3. The lowest BCUT2D eigenvalue weighted by Crippen LogP contribution is -2.31. The number of hydrogen-bond donors (Lipinski definition) is 1. The molecule has 1 aliphatic rings. The van der Waals surface area contributed by atoms with Gasteiger partial charge in [0, 0.05) is 35.1 Å². The van der Waals surface area contributed by atoms with Gasteiger partial charge >= 0.3 is 6.18 Å². The second-order valence-electron chi connectivity index (χ2n) is 9.12.